The van der Waals surface area contributed by atoms with Crippen molar-refractivity contribution in [1.29, 1.82) is 0 Å². The molecule has 7 heteroatoms. The Morgan fingerprint density at radius 3 is 2.30 bits per heavy atom. The highest BCUT2D eigenvalue weighted by molar-refractivity contribution is 6.42. The Balaban J connectivity index is 1.22. The van der Waals surface area contributed by atoms with Crippen LogP contribution in [-0.2, 0) is 20.5 Å². The number of nitrogens with zero attached hydrogens (tertiary/aromatic N) is 1. The number of halogens is 2. The van der Waals surface area contributed by atoms with Crippen LogP contribution >= 0.6 is 23.2 Å². The summed E-state index contributed by atoms with van der Waals surface area (Å²) < 4.78 is 0. The highest BCUT2D eigenvalue weighted by Gasteiger charge is 2.61. The van der Waals surface area contributed by atoms with Gasteiger partial charge in [0.2, 0.25) is 11.8 Å². The molecule has 1 aliphatic carbocycles. The summed E-state index contributed by atoms with van der Waals surface area (Å²) in [6.45, 7) is 6.09. The lowest BCUT2D eigenvalue weighted by Gasteiger charge is -2.43. The van der Waals surface area contributed by atoms with E-state index in [-0.39, 0.29) is 29.3 Å². The maximum absolute atomic E-state index is 14.3. The van der Waals surface area contributed by atoms with Gasteiger partial charge in [0, 0.05) is 26.6 Å². The van der Waals surface area contributed by atoms with Crippen LogP contribution in [-0.4, -0.2) is 36.3 Å². The molecule has 3 atom stereocenters. The summed E-state index contributed by atoms with van der Waals surface area (Å²) in [6, 6.07) is 30.2. The van der Waals surface area contributed by atoms with Gasteiger partial charge in [0.25, 0.3) is 0 Å². The minimum atomic E-state index is -0.682. The first kappa shape index (κ1) is 29.7. The zero-order valence-electron chi connectivity index (χ0n) is 24.6. The van der Waals surface area contributed by atoms with Gasteiger partial charge in [0.05, 0.1) is 27.0 Å². The van der Waals surface area contributed by atoms with Crippen molar-refractivity contribution in [2.24, 2.45) is 5.92 Å². The first-order chi connectivity index (χ1) is 20.7. The van der Waals surface area contributed by atoms with Crippen LogP contribution in [0.25, 0.3) is 10.8 Å². The van der Waals surface area contributed by atoms with Gasteiger partial charge in [-0.2, -0.15) is 0 Å². The summed E-state index contributed by atoms with van der Waals surface area (Å²) >= 11 is 12.8. The second-order valence-corrected chi connectivity index (χ2v) is 13.0. The molecular formula is C36H37Cl2N3O2. The number of likely N-dealkylation sites (tertiary alicyclic amines) is 1. The number of hydrogen-bond donors (Lipinski definition) is 2. The molecule has 4 aromatic carbocycles. The Hall–Kier alpha value is -3.38. The van der Waals surface area contributed by atoms with Gasteiger partial charge in [-0.15, -0.1) is 0 Å². The molecule has 0 aromatic heterocycles. The molecule has 43 heavy (non-hydrogen) atoms. The van der Waals surface area contributed by atoms with E-state index in [1.807, 2.05) is 48.5 Å². The fourth-order valence-corrected chi connectivity index (χ4v) is 7.42. The third-order valence-corrected chi connectivity index (χ3v) is 10.3. The maximum atomic E-state index is 14.3. The maximum Gasteiger partial charge on any atom is 0.231 e. The van der Waals surface area contributed by atoms with E-state index in [2.05, 4.69) is 58.9 Å². The lowest BCUT2D eigenvalue weighted by atomic mass is 9.80. The zero-order valence-corrected chi connectivity index (χ0v) is 26.1. The zero-order chi connectivity index (χ0) is 30.2. The predicted molar refractivity (Wildman–Crippen MR) is 174 cm³/mol. The molecule has 2 fully saturated rings. The second-order valence-electron chi connectivity index (χ2n) is 12.2. The van der Waals surface area contributed by atoms with Gasteiger partial charge < -0.3 is 15.5 Å². The normalized spacial score (nSPS) is 22.1. The van der Waals surface area contributed by atoms with E-state index < -0.39 is 5.41 Å². The van der Waals surface area contributed by atoms with Crippen molar-refractivity contribution in [2.45, 2.75) is 50.1 Å². The molecule has 2 amide bonds. The standard InChI is InChI=1S/C36H37Cl2N3O2/c1-24(30-14-8-10-26-9-6-7-13-31(26)30)39-34(43)36(28-15-16-32(37)33(38)21-28)22-29(36)23-41-19-17-35(18-20-41,40-25(2)42)27-11-4-3-5-12-27/h3-16,21,24,29H,17-20,22-23H2,1-2H3,(H,39,43)(H,40,42). The minimum Gasteiger partial charge on any atom is -0.349 e. The lowest BCUT2D eigenvalue weighted by molar-refractivity contribution is -0.125. The largest absolute Gasteiger partial charge is 0.349 e. The smallest absolute Gasteiger partial charge is 0.231 e. The van der Waals surface area contributed by atoms with Crippen molar-refractivity contribution in [3.05, 3.63) is 118 Å². The van der Waals surface area contributed by atoms with Crippen LogP contribution < -0.4 is 10.6 Å². The summed E-state index contributed by atoms with van der Waals surface area (Å²) in [4.78, 5) is 28.9. The van der Waals surface area contributed by atoms with Crippen LogP contribution in [0.5, 0.6) is 0 Å². The Labute approximate surface area is 263 Å². The molecule has 2 aliphatic rings. The number of piperidine rings is 1. The van der Waals surface area contributed by atoms with Gasteiger partial charge in [-0.1, -0.05) is 102 Å². The number of rotatable bonds is 8. The van der Waals surface area contributed by atoms with Crippen LogP contribution in [0.2, 0.25) is 10.0 Å². The molecule has 0 spiro atoms. The van der Waals surface area contributed by atoms with Crippen molar-refractivity contribution in [1.82, 2.24) is 15.5 Å². The third-order valence-electron chi connectivity index (χ3n) is 9.51. The molecule has 3 unspecified atom stereocenters. The number of nitrogens with one attached hydrogen (secondary N) is 2. The lowest BCUT2D eigenvalue weighted by Crippen LogP contribution is -2.53. The van der Waals surface area contributed by atoms with E-state index in [1.54, 1.807) is 13.0 Å². The highest BCUT2D eigenvalue weighted by Crippen LogP contribution is 2.56. The van der Waals surface area contributed by atoms with E-state index >= 15 is 0 Å². The number of benzene rings is 4. The van der Waals surface area contributed by atoms with E-state index in [9.17, 15) is 9.59 Å². The minimum absolute atomic E-state index is 0.0184. The molecular weight excluding hydrogens is 577 g/mol. The van der Waals surface area contributed by atoms with Crippen molar-refractivity contribution >= 4 is 45.8 Å². The van der Waals surface area contributed by atoms with E-state index in [4.69, 9.17) is 23.2 Å². The molecule has 5 nitrogen and oxygen atoms in total. The fourth-order valence-electron chi connectivity index (χ4n) is 7.13. The van der Waals surface area contributed by atoms with Crippen molar-refractivity contribution < 1.29 is 9.59 Å². The highest BCUT2D eigenvalue weighted by atomic mass is 35.5. The summed E-state index contributed by atoms with van der Waals surface area (Å²) in [6.07, 6.45) is 2.37. The summed E-state index contributed by atoms with van der Waals surface area (Å²) in [5.41, 5.74) is 2.09. The summed E-state index contributed by atoms with van der Waals surface area (Å²) in [5, 5.41) is 9.87. The molecule has 4 aromatic rings. The topological polar surface area (TPSA) is 61.4 Å². The summed E-state index contributed by atoms with van der Waals surface area (Å²) in [5.74, 6) is 0.134. The van der Waals surface area contributed by atoms with Crippen molar-refractivity contribution in [3.8, 4) is 0 Å². The summed E-state index contributed by atoms with van der Waals surface area (Å²) in [7, 11) is 0. The van der Waals surface area contributed by atoms with Gasteiger partial charge >= 0.3 is 0 Å². The van der Waals surface area contributed by atoms with Gasteiger partial charge in [0.1, 0.15) is 0 Å². The SMILES string of the molecule is CC(=O)NC1(c2ccccc2)CCN(CC2CC2(C(=O)NC(C)c2cccc3ccccc23)c2ccc(Cl)c(Cl)c2)CC1. The molecule has 0 radical (unpaired) electrons. The molecule has 0 bridgehead atoms. The molecule has 1 heterocycles. The van der Waals surface area contributed by atoms with Gasteiger partial charge in [-0.25, -0.2) is 0 Å². The number of carbonyl (C=O) groups excluding carboxylic acids is 2. The molecule has 1 saturated carbocycles. The quantitative estimate of drug-likeness (QED) is 0.217. The Morgan fingerprint density at radius 2 is 1.58 bits per heavy atom. The molecule has 1 saturated heterocycles. The fraction of sp³-hybridized carbons (Fsp3) is 0.333. The van der Waals surface area contributed by atoms with Crippen LogP contribution in [0.4, 0.5) is 0 Å². The molecule has 222 valence electrons. The Bertz CT molecular complexity index is 1650. The average molecular weight is 615 g/mol. The van der Waals surface area contributed by atoms with Crippen molar-refractivity contribution in [2.75, 3.05) is 19.6 Å². The molecule has 6 rings (SSSR count). The second kappa shape index (κ2) is 12.0. The average Bonchev–Trinajstić information content (AvgIpc) is 3.74. The van der Waals surface area contributed by atoms with Gasteiger partial charge in [-0.05, 0) is 71.7 Å². The Morgan fingerprint density at radius 1 is 0.884 bits per heavy atom. The molecule has 2 N–H and O–H groups in total. The van der Waals surface area contributed by atoms with Gasteiger partial charge in [0.15, 0.2) is 0 Å². The first-order valence-electron chi connectivity index (χ1n) is 15.0. The van der Waals surface area contributed by atoms with Crippen LogP contribution in [0, 0.1) is 5.92 Å². The van der Waals surface area contributed by atoms with E-state index in [0.29, 0.717) is 10.0 Å². The van der Waals surface area contributed by atoms with Gasteiger partial charge in [-0.3, -0.25) is 9.59 Å². The molecule has 1 aliphatic heterocycles. The first-order valence-corrected chi connectivity index (χ1v) is 15.8. The van der Waals surface area contributed by atoms with E-state index in [0.717, 1.165) is 66.4 Å². The van der Waals surface area contributed by atoms with Crippen molar-refractivity contribution in [3.63, 3.8) is 0 Å². The number of amides is 2. The predicted octanol–water partition coefficient (Wildman–Crippen LogP) is 7.41. The van der Waals surface area contributed by atoms with Crippen LogP contribution in [0.15, 0.2) is 91.0 Å². The number of hydrogen-bond acceptors (Lipinski definition) is 3. The number of fused-ring (bicyclic) bond motifs is 1. The van der Waals surface area contributed by atoms with Crippen LogP contribution in [0.1, 0.15) is 55.8 Å². The third kappa shape index (κ3) is 5.78. The Kier molecular flexibility index (Phi) is 8.25. The van der Waals surface area contributed by atoms with E-state index in [1.165, 1.54) is 0 Å². The number of carbonyl (C=O) groups is 2. The monoisotopic (exact) mass is 613 g/mol. The van der Waals surface area contributed by atoms with Crippen LogP contribution in [0.3, 0.4) is 0 Å².